The van der Waals surface area contributed by atoms with Gasteiger partial charge in [0, 0.05) is 4.88 Å². The number of imide groups is 1. The molecule has 0 radical (unpaired) electrons. The number of methoxy groups -OCH3 is 2. The average molecular weight is 576 g/mol. The summed E-state index contributed by atoms with van der Waals surface area (Å²) in [5.41, 5.74) is 0.853. The number of carbonyl (C=O) groups is 4. The van der Waals surface area contributed by atoms with Crippen molar-refractivity contribution in [3.63, 3.8) is 0 Å². The van der Waals surface area contributed by atoms with Gasteiger partial charge in [0.05, 0.1) is 47.8 Å². The highest BCUT2D eigenvalue weighted by molar-refractivity contribution is 8.18. The normalized spacial score (nSPS) is 15.8. The number of anilines is 1. The fraction of sp³-hybridized carbons (Fsp3) is 0.360. The maximum Gasteiger partial charge on any atom is 0.341 e. The molecule has 12 nitrogen and oxygen atoms in total. The molecule has 1 N–H and O–H groups in total. The molecule has 1 saturated heterocycles. The zero-order valence-electron chi connectivity index (χ0n) is 21.4. The van der Waals surface area contributed by atoms with Crippen molar-refractivity contribution >= 4 is 62.9 Å². The number of hydrogen-bond donors (Lipinski definition) is 1. The lowest BCUT2D eigenvalue weighted by atomic mass is 9.95. The summed E-state index contributed by atoms with van der Waals surface area (Å²) in [5, 5.41) is 13.9. The van der Waals surface area contributed by atoms with E-state index in [2.05, 4.69) is 5.32 Å². The fourth-order valence-corrected chi connectivity index (χ4v) is 6.44. The van der Waals surface area contributed by atoms with E-state index in [0.717, 1.165) is 40.7 Å². The summed E-state index contributed by atoms with van der Waals surface area (Å²) < 4.78 is 15.5. The Balaban J connectivity index is 1.56. The van der Waals surface area contributed by atoms with Gasteiger partial charge in [-0.15, -0.1) is 11.3 Å². The molecule has 0 saturated carbocycles. The number of nitrogens with one attached hydrogen (secondary N) is 1. The second-order valence-corrected chi connectivity index (χ2v) is 10.6. The molecular formula is C25H25N3O9S2. The third-order valence-corrected chi connectivity index (χ3v) is 8.21. The van der Waals surface area contributed by atoms with Crippen LogP contribution in [0.1, 0.15) is 46.1 Å². The number of carbonyl (C=O) groups excluding carboxylic acids is 4. The summed E-state index contributed by atoms with van der Waals surface area (Å²) in [4.78, 5) is 63.8. The molecular weight excluding hydrogens is 550 g/mol. The summed E-state index contributed by atoms with van der Waals surface area (Å²) in [6.07, 6.45) is 4.59. The minimum atomic E-state index is -0.777. The highest BCUT2D eigenvalue weighted by atomic mass is 32.2. The summed E-state index contributed by atoms with van der Waals surface area (Å²) in [6, 6.07) is 2.48. The van der Waals surface area contributed by atoms with Gasteiger partial charge in [-0.3, -0.25) is 29.4 Å². The highest BCUT2D eigenvalue weighted by Crippen LogP contribution is 2.40. The number of aryl methyl sites for hydroxylation is 1. The Labute approximate surface area is 231 Å². The van der Waals surface area contributed by atoms with E-state index in [1.54, 1.807) is 6.92 Å². The van der Waals surface area contributed by atoms with E-state index in [4.69, 9.17) is 14.2 Å². The maximum atomic E-state index is 13.0. The van der Waals surface area contributed by atoms with Crippen LogP contribution in [0, 0.1) is 10.1 Å². The van der Waals surface area contributed by atoms with Crippen LogP contribution in [0.2, 0.25) is 0 Å². The van der Waals surface area contributed by atoms with Crippen molar-refractivity contribution in [3.8, 4) is 11.5 Å². The van der Waals surface area contributed by atoms with Crippen LogP contribution in [0.25, 0.3) is 6.08 Å². The number of rotatable bonds is 9. The zero-order chi connectivity index (χ0) is 28.3. The third-order valence-electron chi connectivity index (χ3n) is 6.10. The molecule has 3 amide bonds. The van der Waals surface area contributed by atoms with E-state index < -0.39 is 34.5 Å². The molecule has 14 heteroatoms. The van der Waals surface area contributed by atoms with Crippen molar-refractivity contribution < 1.29 is 38.3 Å². The van der Waals surface area contributed by atoms with E-state index in [1.165, 1.54) is 37.7 Å². The molecule has 0 atom stereocenters. The molecule has 1 fully saturated rings. The van der Waals surface area contributed by atoms with Crippen molar-refractivity contribution in [2.24, 2.45) is 0 Å². The number of nitro benzene ring substituents is 1. The van der Waals surface area contributed by atoms with Gasteiger partial charge in [-0.05, 0) is 62.1 Å². The fourth-order valence-electron chi connectivity index (χ4n) is 4.32. The smallest absolute Gasteiger partial charge is 0.341 e. The van der Waals surface area contributed by atoms with Crippen LogP contribution >= 0.6 is 23.1 Å². The van der Waals surface area contributed by atoms with Crippen LogP contribution in [0.3, 0.4) is 0 Å². The molecule has 2 aromatic rings. The molecule has 2 heterocycles. The SMILES string of the molecule is CCOC(=O)c1c(NC(=O)CN2C(=O)SC(=Cc3cc(OC)c(OC)cc3[N+](=O)[O-])C2=O)sc2c1CCCC2. The van der Waals surface area contributed by atoms with E-state index >= 15 is 0 Å². The van der Waals surface area contributed by atoms with Crippen LogP contribution in [0.15, 0.2) is 17.0 Å². The molecule has 0 bridgehead atoms. The molecule has 1 aromatic heterocycles. The van der Waals surface area contributed by atoms with Gasteiger partial charge in [-0.25, -0.2) is 4.79 Å². The number of thioether (sulfide) groups is 1. The van der Waals surface area contributed by atoms with Gasteiger partial charge in [-0.2, -0.15) is 0 Å². The molecule has 1 aromatic carbocycles. The maximum absolute atomic E-state index is 13.0. The Hall–Kier alpha value is -3.91. The van der Waals surface area contributed by atoms with Crippen LogP contribution in [0.5, 0.6) is 11.5 Å². The summed E-state index contributed by atoms with van der Waals surface area (Å²) in [6.45, 7) is 1.28. The van der Waals surface area contributed by atoms with Crippen molar-refractivity contribution in [3.05, 3.63) is 48.7 Å². The number of ether oxygens (including phenoxy) is 3. The Morgan fingerprint density at radius 3 is 2.51 bits per heavy atom. The van der Waals surface area contributed by atoms with E-state index in [9.17, 15) is 29.3 Å². The Bertz CT molecular complexity index is 1400. The Kier molecular flexibility index (Phi) is 8.55. The van der Waals surface area contributed by atoms with Crippen molar-refractivity contribution in [2.75, 3.05) is 32.7 Å². The Morgan fingerprint density at radius 1 is 1.15 bits per heavy atom. The molecule has 4 rings (SSSR count). The molecule has 39 heavy (non-hydrogen) atoms. The van der Waals surface area contributed by atoms with Crippen LogP contribution in [0.4, 0.5) is 15.5 Å². The first kappa shape index (κ1) is 28.1. The predicted octanol–water partition coefficient (Wildman–Crippen LogP) is 4.40. The van der Waals surface area contributed by atoms with Crippen LogP contribution in [-0.4, -0.2) is 60.2 Å². The van der Waals surface area contributed by atoms with Crippen molar-refractivity contribution in [2.45, 2.75) is 32.6 Å². The van der Waals surface area contributed by atoms with Crippen molar-refractivity contribution in [1.82, 2.24) is 4.90 Å². The third kappa shape index (κ3) is 5.76. The number of benzene rings is 1. The quantitative estimate of drug-likeness (QED) is 0.197. The van der Waals surface area contributed by atoms with Crippen LogP contribution in [-0.2, 0) is 27.2 Å². The van der Waals surface area contributed by atoms with Gasteiger partial charge in [0.2, 0.25) is 5.91 Å². The first-order chi connectivity index (χ1) is 18.7. The van der Waals surface area contributed by atoms with Gasteiger partial charge in [0.1, 0.15) is 11.5 Å². The monoisotopic (exact) mass is 575 g/mol. The molecule has 206 valence electrons. The van der Waals surface area contributed by atoms with Crippen LogP contribution < -0.4 is 14.8 Å². The number of nitro groups is 1. The first-order valence-corrected chi connectivity index (χ1v) is 13.6. The number of esters is 1. The second-order valence-electron chi connectivity index (χ2n) is 8.47. The van der Waals surface area contributed by atoms with Gasteiger partial charge >= 0.3 is 5.97 Å². The van der Waals surface area contributed by atoms with Crippen molar-refractivity contribution in [1.29, 1.82) is 0 Å². The lowest BCUT2D eigenvalue weighted by molar-refractivity contribution is -0.385. The second kappa shape index (κ2) is 11.9. The lowest BCUT2D eigenvalue weighted by Crippen LogP contribution is -2.36. The lowest BCUT2D eigenvalue weighted by Gasteiger charge is -2.13. The molecule has 1 aliphatic heterocycles. The molecule has 0 unspecified atom stereocenters. The average Bonchev–Trinajstić information content (AvgIpc) is 3.39. The Morgan fingerprint density at radius 2 is 1.85 bits per heavy atom. The summed E-state index contributed by atoms with van der Waals surface area (Å²) in [7, 11) is 2.69. The summed E-state index contributed by atoms with van der Waals surface area (Å²) in [5.74, 6) is -1.65. The van der Waals surface area contributed by atoms with E-state index in [1.807, 2.05) is 0 Å². The number of hydrogen-bond acceptors (Lipinski definition) is 11. The number of amides is 3. The van der Waals surface area contributed by atoms with E-state index in [0.29, 0.717) is 28.7 Å². The standard InChI is InChI=1S/C25H25N3O9S2/c1-4-37-24(31)21-14-7-5-6-8-18(14)38-22(21)26-20(29)12-27-23(30)19(39-25(27)32)10-13-9-16(35-2)17(36-3)11-15(13)28(33)34/h9-11H,4-8,12H2,1-3H3,(H,26,29). The van der Waals surface area contributed by atoms with Gasteiger partial charge in [0.25, 0.3) is 16.8 Å². The minimum absolute atomic E-state index is 0.0239. The summed E-state index contributed by atoms with van der Waals surface area (Å²) >= 11 is 1.85. The van der Waals surface area contributed by atoms with E-state index in [-0.39, 0.29) is 34.3 Å². The zero-order valence-corrected chi connectivity index (χ0v) is 23.0. The number of fused-ring (bicyclic) bond motifs is 1. The molecule has 0 spiro atoms. The molecule has 1 aliphatic carbocycles. The highest BCUT2D eigenvalue weighted by Gasteiger charge is 2.37. The minimum Gasteiger partial charge on any atom is -0.493 e. The largest absolute Gasteiger partial charge is 0.493 e. The van der Waals surface area contributed by atoms with Gasteiger partial charge < -0.3 is 19.5 Å². The number of thiophene rings is 1. The predicted molar refractivity (Wildman–Crippen MR) is 144 cm³/mol. The molecule has 2 aliphatic rings. The first-order valence-electron chi connectivity index (χ1n) is 12.0. The topological polar surface area (TPSA) is 154 Å². The van der Waals surface area contributed by atoms with Gasteiger partial charge in [0.15, 0.2) is 11.5 Å². The number of nitrogens with zero attached hydrogens (tertiary/aromatic N) is 2. The van der Waals surface area contributed by atoms with Gasteiger partial charge in [-0.1, -0.05) is 0 Å².